The standard InChI is InChI=1S/C25H25ClN2O3S/c1-14-4-3-5-21(14)31-24-15(2)10-16(26)11-19(24)18-8-9-27-20-12-17(32-25(18)20)13-28-22(29)6-7-23(28)30/h8-12,14,21H,3-7,13H2,1-2H3/t14-,21+/m0/s1. The third kappa shape index (κ3) is 3.90. The molecule has 1 aliphatic carbocycles. The Balaban J connectivity index is 1.56. The molecule has 0 spiro atoms. The lowest BCUT2D eigenvalue weighted by Crippen LogP contribution is -2.27. The lowest BCUT2D eigenvalue weighted by Gasteiger charge is -2.22. The van der Waals surface area contributed by atoms with Crippen molar-refractivity contribution in [1.29, 1.82) is 0 Å². The van der Waals surface area contributed by atoms with Gasteiger partial charge in [0.2, 0.25) is 11.8 Å². The van der Waals surface area contributed by atoms with Crippen molar-refractivity contribution in [3.8, 4) is 16.9 Å². The monoisotopic (exact) mass is 468 g/mol. The Bertz CT molecular complexity index is 1210. The fourth-order valence-corrected chi connectivity index (χ4v) is 6.16. The summed E-state index contributed by atoms with van der Waals surface area (Å²) in [4.78, 5) is 31.0. The van der Waals surface area contributed by atoms with Crippen LogP contribution < -0.4 is 4.74 Å². The van der Waals surface area contributed by atoms with Gasteiger partial charge in [0.25, 0.3) is 0 Å². The second kappa shape index (κ2) is 8.49. The number of halogens is 1. The molecule has 2 atom stereocenters. The highest BCUT2D eigenvalue weighted by atomic mass is 35.5. The number of aryl methyl sites for hydroxylation is 1. The molecule has 0 N–H and O–H groups in total. The van der Waals surface area contributed by atoms with Gasteiger partial charge in [0.15, 0.2) is 0 Å². The number of carbonyl (C=O) groups excluding carboxylic acids is 2. The Morgan fingerprint density at radius 2 is 1.94 bits per heavy atom. The minimum atomic E-state index is -0.104. The summed E-state index contributed by atoms with van der Waals surface area (Å²) in [5.41, 5.74) is 3.83. The molecule has 1 aliphatic heterocycles. The first-order valence-electron chi connectivity index (χ1n) is 11.1. The average molecular weight is 469 g/mol. The number of ether oxygens (including phenoxy) is 1. The Morgan fingerprint density at radius 1 is 1.16 bits per heavy atom. The van der Waals surface area contributed by atoms with E-state index in [0.29, 0.717) is 30.3 Å². The van der Waals surface area contributed by atoms with E-state index in [1.807, 2.05) is 31.2 Å². The van der Waals surface area contributed by atoms with Crippen LogP contribution in [0.1, 0.15) is 49.5 Å². The molecule has 2 amide bonds. The molecular weight excluding hydrogens is 444 g/mol. The van der Waals surface area contributed by atoms with Gasteiger partial charge in [0.05, 0.1) is 16.8 Å². The van der Waals surface area contributed by atoms with Crippen molar-refractivity contribution in [2.45, 2.75) is 58.6 Å². The molecule has 0 bridgehead atoms. The molecule has 2 fully saturated rings. The third-order valence-corrected chi connectivity index (χ3v) is 7.87. The number of nitrogens with zero attached hydrogens (tertiary/aromatic N) is 2. The smallest absolute Gasteiger partial charge is 0.230 e. The number of likely N-dealkylation sites (tertiary alicyclic amines) is 1. The fourth-order valence-electron chi connectivity index (χ4n) is 4.76. The van der Waals surface area contributed by atoms with E-state index < -0.39 is 0 Å². The number of benzene rings is 1. The van der Waals surface area contributed by atoms with Gasteiger partial charge in [0, 0.05) is 40.1 Å². The highest BCUT2D eigenvalue weighted by molar-refractivity contribution is 7.19. The quantitative estimate of drug-likeness (QED) is 0.422. The molecule has 1 aromatic carbocycles. The van der Waals surface area contributed by atoms with E-state index in [1.165, 1.54) is 17.7 Å². The predicted octanol–water partition coefficient (Wildman–Crippen LogP) is 6.14. The summed E-state index contributed by atoms with van der Waals surface area (Å²) in [6.07, 6.45) is 6.04. The molecule has 5 nitrogen and oxygen atoms in total. The lowest BCUT2D eigenvalue weighted by atomic mass is 10.0. The Labute approximate surface area is 196 Å². The van der Waals surface area contributed by atoms with Crippen LogP contribution in [0.4, 0.5) is 0 Å². The summed E-state index contributed by atoms with van der Waals surface area (Å²) in [5.74, 6) is 1.19. The predicted molar refractivity (Wildman–Crippen MR) is 127 cm³/mol. The molecule has 7 heteroatoms. The second-order valence-electron chi connectivity index (χ2n) is 8.82. The van der Waals surface area contributed by atoms with Gasteiger partial charge in [-0.1, -0.05) is 18.5 Å². The normalized spacial score (nSPS) is 21.2. The zero-order valence-corrected chi connectivity index (χ0v) is 19.8. The summed E-state index contributed by atoms with van der Waals surface area (Å²) in [6, 6.07) is 7.87. The summed E-state index contributed by atoms with van der Waals surface area (Å²) in [6.45, 7) is 4.59. The maximum atomic E-state index is 12.1. The number of hydrogen-bond donors (Lipinski definition) is 0. The van der Waals surface area contributed by atoms with Gasteiger partial charge in [-0.15, -0.1) is 11.3 Å². The van der Waals surface area contributed by atoms with E-state index in [9.17, 15) is 9.59 Å². The van der Waals surface area contributed by atoms with E-state index in [4.69, 9.17) is 16.3 Å². The Kier molecular flexibility index (Phi) is 5.68. The number of pyridine rings is 1. The van der Waals surface area contributed by atoms with Gasteiger partial charge < -0.3 is 4.74 Å². The van der Waals surface area contributed by atoms with Crippen molar-refractivity contribution in [3.05, 3.63) is 45.9 Å². The van der Waals surface area contributed by atoms with Crippen molar-refractivity contribution in [1.82, 2.24) is 9.88 Å². The molecule has 0 radical (unpaired) electrons. The minimum Gasteiger partial charge on any atom is -0.489 e. The number of hydrogen-bond acceptors (Lipinski definition) is 5. The average Bonchev–Trinajstić information content (AvgIpc) is 3.44. The van der Waals surface area contributed by atoms with Crippen molar-refractivity contribution >= 4 is 45.0 Å². The number of fused-ring (bicyclic) bond motifs is 1. The van der Waals surface area contributed by atoms with E-state index in [0.717, 1.165) is 44.0 Å². The molecule has 166 valence electrons. The van der Waals surface area contributed by atoms with Crippen LogP contribution in [-0.2, 0) is 16.1 Å². The topological polar surface area (TPSA) is 59.5 Å². The number of amides is 2. The number of aromatic nitrogens is 1. The van der Waals surface area contributed by atoms with Gasteiger partial charge in [-0.05, 0) is 61.9 Å². The molecule has 2 aliphatic rings. The van der Waals surface area contributed by atoms with Gasteiger partial charge >= 0.3 is 0 Å². The fraction of sp³-hybridized carbons (Fsp3) is 0.400. The first-order chi connectivity index (χ1) is 15.4. The van der Waals surface area contributed by atoms with Crippen molar-refractivity contribution in [2.24, 2.45) is 5.92 Å². The molecule has 1 saturated heterocycles. The van der Waals surface area contributed by atoms with Crippen molar-refractivity contribution in [2.75, 3.05) is 0 Å². The molecular formula is C25H25ClN2O3S. The van der Waals surface area contributed by atoms with Crippen LogP contribution in [0.25, 0.3) is 21.3 Å². The molecule has 32 heavy (non-hydrogen) atoms. The lowest BCUT2D eigenvalue weighted by molar-refractivity contribution is -0.138. The maximum absolute atomic E-state index is 12.1. The maximum Gasteiger partial charge on any atom is 0.230 e. The highest BCUT2D eigenvalue weighted by Crippen LogP contribution is 2.43. The van der Waals surface area contributed by atoms with E-state index in [2.05, 4.69) is 11.9 Å². The summed E-state index contributed by atoms with van der Waals surface area (Å²) >= 11 is 8.04. The second-order valence-corrected chi connectivity index (χ2v) is 10.4. The van der Waals surface area contributed by atoms with E-state index >= 15 is 0 Å². The number of rotatable bonds is 5. The Morgan fingerprint density at radius 3 is 2.66 bits per heavy atom. The van der Waals surface area contributed by atoms with Crippen LogP contribution in [0.15, 0.2) is 30.5 Å². The SMILES string of the molecule is Cc1cc(Cl)cc(-c2ccnc3cc(CN4C(=O)CCC4=O)sc23)c1O[C@@H]1CCC[C@@H]1C. The van der Waals surface area contributed by atoms with E-state index in [-0.39, 0.29) is 17.9 Å². The summed E-state index contributed by atoms with van der Waals surface area (Å²) in [5, 5.41) is 0.666. The first kappa shape index (κ1) is 21.4. The molecule has 3 heterocycles. The molecule has 3 aromatic rings. The van der Waals surface area contributed by atoms with Crippen LogP contribution in [-0.4, -0.2) is 27.8 Å². The van der Waals surface area contributed by atoms with Gasteiger partial charge in [0.1, 0.15) is 11.9 Å². The molecule has 1 saturated carbocycles. The zero-order valence-electron chi connectivity index (χ0n) is 18.2. The zero-order chi connectivity index (χ0) is 22.4. The van der Waals surface area contributed by atoms with Crippen LogP contribution in [0.5, 0.6) is 5.75 Å². The largest absolute Gasteiger partial charge is 0.489 e. The summed E-state index contributed by atoms with van der Waals surface area (Å²) < 4.78 is 7.59. The van der Waals surface area contributed by atoms with Crippen molar-refractivity contribution in [3.63, 3.8) is 0 Å². The first-order valence-corrected chi connectivity index (χ1v) is 12.3. The van der Waals surface area contributed by atoms with Crippen LogP contribution in [0, 0.1) is 12.8 Å². The Hall–Kier alpha value is -2.44. The van der Waals surface area contributed by atoms with Crippen molar-refractivity contribution < 1.29 is 14.3 Å². The van der Waals surface area contributed by atoms with E-state index in [1.54, 1.807) is 17.5 Å². The molecule has 0 unspecified atom stereocenters. The molecule has 5 rings (SSSR count). The number of carbonyl (C=O) groups is 2. The highest BCUT2D eigenvalue weighted by Gasteiger charge is 2.30. The van der Waals surface area contributed by atoms with Crippen LogP contribution in [0.2, 0.25) is 5.02 Å². The summed E-state index contributed by atoms with van der Waals surface area (Å²) in [7, 11) is 0. The van der Waals surface area contributed by atoms with Gasteiger partial charge in [-0.3, -0.25) is 19.5 Å². The van der Waals surface area contributed by atoms with Gasteiger partial charge in [-0.25, -0.2) is 0 Å². The minimum absolute atomic E-state index is 0.104. The number of imide groups is 1. The third-order valence-electron chi connectivity index (χ3n) is 6.51. The van der Waals surface area contributed by atoms with Crippen LogP contribution in [0.3, 0.4) is 0 Å². The number of thiophene rings is 1. The van der Waals surface area contributed by atoms with Gasteiger partial charge in [-0.2, -0.15) is 0 Å². The van der Waals surface area contributed by atoms with Crippen LogP contribution >= 0.6 is 22.9 Å². The molecule has 2 aromatic heterocycles.